The fraction of sp³-hybridized carbons (Fsp3) is 0.800. The van der Waals surface area contributed by atoms with E-state index in [1.165, 1.54) is 6.92 Å². The SMILES string of the molecule is CCC([SiH3])OC(C)=O. The van der Waals surface area contributed by atoms with Crippen LogP contribution in [0.15, 0.2) is 0 Å². The highest BCUT2D eigenvalue weighted by Gasteiger charge is 1.98. The predicted molar refractivity (Wildman–Crippen MR) is 35.8 cm³/mol. The van der Waals surface area contributed by atoms with Crippen LogP contribution in [0.4, 0.5) is 0 Å². The van der Waals surface area contributed by atoms with Crippen LogP contribution in [-0.2, 0) is 9.53 Å². The summed E-state index contributed by atoms with van der Waals surface area (Å²) < 4.78 is 4.82. The van der Waals surface area contributed by atoms with E-state index in [1.54, 1.807) is 0 Å². The van der Waals surface area contributed by atoms with E-state index < -0.39 is 0 Å². The highest BCUT2D eigenvalue weighted by molar-refractivity contribution is 6.11. The third kappa shape index (κ3) is 3.86. The van der Waals surface area contributed by atoms with Gasteiger partial charge in [0, 0.05) is 6.92 Å². The summed E-state index contributed by atoms with van der Waals surface area (Å²) in [6.07, 6.45) is 0.950. The van der Waals surface area contributed by atoms with Crippen molar-refractivity contribution in [3.63, 3.8) is 0 Å². The van der Waals surface area contributed by atoms with Gasteiger partial charge in [-0.05, 0) is 6.42 Å². The Labute approximate surface area is 52.6 Å². The molecule has 0 saturated carbocycles. The molecule has 3 heteroatoms. The highest BCUT2D eigenvalue weighted by Crippen LogP contribution is 1.90. The third-order valence-corrected chi connectivity index (χ3v) is 1.99. The monoisotopic (exact) mass is 132 g/mol. The van der Waals surface area contributed by atoms with Crippen LogP contribution in [-0.4, -0.2) is 21.9 Å². The lowest BCUT2D eigenvalue weighted by Crippen LogP contribution is -2.14. The lowest BCUT2D eigenvalue weighted by atomic mass is 10.5. The van der Waals surface area contributed by atoms with Gasteiger partial charge in [-0.25, -0.2) is 0 Å². The second-order valence-corrected chi connectivity index (χ2v) is 3.12. The molecule has 0 aliphatic rings. The third-order valence-electron chi connectivity index (χ3n) is 0.942. The topological polar surface area (TPSA) is 26.3 Å². The first kappa shape index (κ1) is 7.69. The first-order chi connectivity index (χ1) is 3.66. The zero-order valence-corrected chi connectivity index (χ0v) is 7.60. The van der Waals surface area contributed by atoms with Gasteiger partial charge >= 0.3 is 5.97 Å². The maximum absolute atomic E-state index is 10.2. The van der Waals surface area contributed by atoms with Gasteiger partial charge in [0.05, 0.1) is 16.0 Å². The maximum Gasteiger partial charge on any atom is 0.302 e. The Balaban J connectivity index is 3.24. The Bertz CT molecular complexity index is 82.5. The molecule has 0 heterocycles. The van der Waals surface area contributed by atoms with E-state index in [4.69, 9.17) is 4.74 Å². The number of esters is 1. The molecule has 0 saturated heterocycles. The molecule has 0 spiro atoms. The van der Waals surface area contributed by atoms with Crippen LogP contribution in [0.3, 0.4) is 0 Å². The summed E-state index contributed by atoms with van der Waals surface area (Å²) >= 11 is 0. The van der Waals surface area contributed by atoms with E-state index in [-0.39, 0.29) is 11.7 Å². The molecule has 1 atom stereocenters. The van der Waals surface area contributed by atoms with Crippen LogP contribution >= 0.6 is 0 Å². The molecule has 48 valence electrons. The van der Waals surface area contributed by atoms with E-state index in [0.29, 0.717) is 0 Å². The molecule has 0 aromatic carbocycles. The summed E-state index contributed by atoms with van der Waals surface area (Å²) in [7, 11) is 0.945. The first-order valence-corrected chi connectivity index (χ1v) is 3.99. The lowest BCUT2D eigenvalue weighted by molar-refractivity contribution is -0.142. The van der Waals surface area contributed by atoms with Crippen molar-refractivity contribution in [2.75, 3.05) is 0 Å². The molecule has 0 rings (SSSR count). The molecule has 1 unspecified atom stereocenters. The van der Waals surface area contributed by atoms with Crippen LogP contribution in [0, 0.1) is 0 Å². The van der Waals surface area contributed by atoms with Crippen molar-refractivity contribution in [3.8, 4) is 0 Å². The van der Waals surface area contributed by atoms with E-state index in [0.717, 1.165) is 16.7 Å². The van der Waals surface area contributed by atoms with Crippen molar-refractivity contribution in [2.45, 2.75) is 26.0 Å². The van der Waals surface area contributed by atoms with Crippen LogP contribution in [0.5, 0.6) is 0 Å². The predicted octanol–water partition coefficient (Wildman–Crippen LogP) is -0.349. The summed E-state index contributed by atoms with van der Waals surface area (Å²) in [5.41, 5.74) is 0.215. The van der Waals surface area contributed by atoms with Crippen molar-refractivity contribution in [2.24, 2.45) is 0 Å². The van der Waals surface area contributed by atoms with E-state index in [1.807, 2.05) is 6.92 Å². The van der Waals surface area contributed by atoms with Crippen molar-refractivity contribution < 1.29 is 9.53 Å². The molecular weight excluding hydrogens is 120 g/mol. The van der Waals surface area contributed by atoms with Crippen molar-refractivity contribution >= 4 is 16.2 Å². The number of carbonyl (C=O) groups excluding carboxylic acids is 1. The van der Waals surface area contributed by atoms with Gasteiger partial charge in [0.15, 0.2) is 0 Å². The summed E-state index contributed by atoms with van der Waals surface area (Å²) in [5, 5.41) is 0. The minimum absolute atomic E-state index is 0.160. The summed E-state index contributed by atoms with van der Waals surface area (Å²) in [6.45, 7) is 3.46. The molecule has 0 aliphatic carbocycles. The summed E-state index contributed by atoms with van der Waals surface area (Å²) in [6, 6.07) is 0. The van der Waals surface area contributed by atoms with Gasteiger partial charge in [0.1, 0.15) is 0 Å². The smallest absolute Gasteiger partial charge is 0.302 e. The van der Waals surface area contributed by atoms with Crippen LogP contribution in [0.1, 0.15) is 20.3 Å². The Morgan fingerprint density at radius 3 is 2.50 bits per heavy atom. The normalized spacial score (nSPS) is 13.2. The molecule has 0 bridgehead atoms. The lowest BCUT2D eigenvalue weighted by Gasteiger charge is -2.06. The van der Waals surface area contributed by atoms with Crippen molar-refractivity contribution in [1.29, 1.82) is 0 Å². The van der Waals surface area contributed by atoms with E-state index >= 15 is 0 Å². The average molecular weight is 132 g/mol. The molecule has 2 nitrogen and oxygen atoms in total. The number of hydrogen-bond donors (Lipinski definition) is 0. The van der Waals surface area contributed by atoms with Gasteiger partial charge in [0.25, 0.3) is 0 Å². The van der Waals surface area contributed by atoms with E-state index in [9.17, 15) is 4.79 Å². The Kier molecular flexibility index (Phi) is 3.52. The molecule has 0 radical (unpaired) electrons. The molecule has 0 fully saturated rings. The molecular formula is C5H12O2Si. The van der Waals surface area contributed by atoms with Gasteiger partial charge in [-0.1, -0.05) is 6.92 Å². The second-order valence-electron chi connectivity index (χ2n) is 1.83. The zero-order chi connectivity index (χ0) is 6.57. The summed E-state index contributed by atoms with van der Waals surface area (Å²) in [5.74, 6) is -0.160. The molecule has 0 amide bonds. The quantitative estimate of drug-likeness (QED) is 0.379. The number of hydrogen-bond acceptors (Lipinski definition) is 2. The van der Waals surface area contributed by atoms with Gasteiger partial charge in [-0.3, -0.25) is 4.79 Å². The zero-order valence-electron chi connectivity index (χ0n) is 5.60. The Morgan fingerprint density at radius 2 is 2.38 bits per heavy atom. The first-order valence-electron chi connectivity index (χ1n) is 2.84. The number of rotatable bonds is 2. The average Bonchev–Trinajstić information content (AvgIpc) is 1.65. The minimum atomic E-state index is -0.160. The number of carbonyl (C=O) groups is 1. The standard InChI is InChI=1S/C5H12O2Si/c1-3-5(8)7-4(2)6/h5H,3H2,1-2,8H3. The van der Waals surface area contributed by atoms with Gasteiger partial charge in [-0.2, -0.15) is 0 Å². The van der Waals surface area contributed by atoms with Crippen LogP contribution in [0.25, 0.3) is 0 Å². The maximum atomic E-state index is 10.2. The Morgan fingerprint density at radius 1 is 1.88 bits per heavy atom. The molecule has 0 N–H and O–H groups in total. The van der Waals surface area contributed by atoms with Gasteiger partial charge in [-0.15, -0.1) is 0 Å². The van der Waals surface area contributed by atoms with Gasteiger partial charge in [0.2, 0.25) is 0 Å². The fourth-order valence-corrected chi connectivity index (χ4v) is 0.699. The fourth-order valence-electron chi connectivity index (χ4n) is 0.367. The highest BCUT2D eigenvalue weighted by atomic mass is 28.1. The largest absolute Gasteiger partial charge is 0.468 e. The van der Waals surface area contributed by atoms with Crippen molar-refractivity contribution in [1.82, 2.24) is 0 Å². The minimum Gasteiger partial charge on any atom is -0.468 e. The van der Waals surface area contributed by atoms with Crippen LogP contribution in [0.2, 0.25) is 0 Å². The molecule has 0 aromatic heterocycles. The Hall–Kier alpha value is -0.313. The van der Waals surface area contributed by atoms with E-state index in [2.05, 4.69) is 0 Å². The number of ether oxygens (including phenoxy) is 1. The molecule has 0 aromatic rings. The molecule has 0 aliphatic heterocycles. The molecule has 8 heavy (non-hydrogen) atoms. The second kappa shape index (κ2) is 3.66. The van der Waals surface area contributed by atoms with Crippen LogP contribution < -0.4 is 0 Å². The summed E-state index contributed by atoms with van der Waals surface area (Å²) in [4.78, 5) is 10.2. The van der Waals surface area contributed by atoms with Gasteiger partial charge < -0.3 is 4.74 Å². The van der Waals surface area contributed by atoms with Crippen molar-refractivity contribution in [3.05, 3.63) is 0 Å².